The smallest absolute Gasteiger partial charge is 0.333 e. The largest absolute Gasteiger partial charge is 0.394 e. The van der Waals surface area contributed by atoms with E-state index in [4.69, 9.17) is 10.5 Å². The SMILES string of the molecule is Nc1nc2c(c(=O)[nH]1)n(Cc1cccnc1)c(=O)n2[C@@H]1O[C@H](CO)[C@@H](F)[C@H]1O. The average Bonchev–Trinajstić information content (AvgIpc) is 3.10. The minimum atomic E-state index is -1.92. The fourth-order valence-electron chi connectivity index (χ4n) is 3.32. The number of nitrogen functional groups attached to an aromatic ring is 1. The van der Waals surface area contributed by atoms with E-state index in [1.807, 2.05) is 0 Å². The number of anilines is 1. The first-order valence-electron chi connectivity index (χ1n) is 8.40. The molecular weight excluding hydrogens is 375 g/mol. The molecule has 3 aromatic heterocycles. The Hall–Kier alpha value is -3.09. The van der Waals surface area contributed by atoms with Crippen molar-refractivity contribution < 1.29 is 19.3 Å². The minimum Gasteiger partial charge on any atom is -0.394 e. The molecule has 1 aliphatic heterocycles. The number of fused-ring (bicyclic) bond motifs is 1. The van der Waals surface area contributed by atoms with Crippen molar-refractivity contribution in [1.82, 2.24) is 24.1 Å². The topological polar surface area (TPSA) is 161 Å². The third-order valence-electron chi connectivity index (χ3n) is 4.62. The van der Waals surface area contributed by atoms with Crippen molar-refractivity contribution >= 4 is 17.1 Å². The van der Waals surface area contributed by atoms with Crippen LogP contribution in [0.5, 0.6) is 0 Å². The van der Waals surface area contributed by atoms with Gasteiger partial charge in [-0.25, -0.2) is 13.8 Å². The summed E-state index contributed by atoms with van der Waals surface area (Å²) in [6, 6.07) is 3.38. The van der Waals surface area contributed by atoms with E-state index < -0.39 is 42.5 Å². The van der Waals surface area contributed by atoms with Crippen molar-refractivity contribution in [3.8, 4) is 0 Å². The Labute approximate surface area is 155 Å². The molecule has 5 N–H and O–H groups in total. The van der Waals surface area contributed by atoms with E-state index in [0.29, 0.717) is 5.56 Å². The number of hydrogen-bond donors (Lipinski definition) is 4. The van der Waals surface area contributed by atoms with Gasteiger partial charge in [0, 0.05) is 12.4 Å². The minimum absolute atomic E-state index is 0.0177. The van der Waals surface area contributed by atoms with Crippen LogP contribution in [-0.2, 0) is 11.3 Å². The molecule has 0 spiro atoms. The number of ether oxygens (including phenoxy) is 1. The summed E-state index contributed by atoms with van der Waals surface area (Å²) in [6.07, 6.45) is -3.37. The van der Waals surface area contributed by atoms with Crippen molar-refractivity contribution in [2.45, 2.75) is 31.2 Å². The number of H-pyrrole nitrogens is 1. The first-order valence-corrected chi connectivity index (χ1v) is 8.40. The van der Waals surface area contributed by atoms with Crippen molar-refractivity contribution in [3.63, 3.8) is 0 Å². The Balaban J connectivity index is 1.94. The summed E-state index contributed by atoms with van der Waals surface area (Å²) in [5.41, 5.74) is 4.53. The standard InChI is InChI=1S/C16H17FN6O5/c17-9-8(6-24)28-14(11(9)25)23-12-10(13(26)21-15(18)20-12)22(16(23)27)5-7-2-1-3-19-4-7/h1-4,8-9,11,14,24-25H,5-6H2,(H3,18,20,21,26)/t8-,9-,11-,14-/m1/s1. The van der Waals surface area contributed by atoms with E-state index in [0.717, 1.165) is 9.13 Å². The Bertz CT molecular complexity index is 1130. The first kappa shape index (κ1) is 18.3. The lowest BCUT2D eigenvalue weighted by Gasteiger charge is -2.15. The van der Waals surface area contributed by atoms with Crippen molar-refractivity contribution in [1.29, 1.82) is 0 Å². The van der Waals surface area contributed by atoms with E-state index >= 15 is 0 Å². The summed E-state index contributed by atoms with van der Waals surface area (Å²) in [5, 5.41) is 19.4. The summed E-state index contributed by atoms with van der Waals surface area (Å²) in [6.45, 7) is -0.704. The zero-order chi connectivity index (χ0) is 20.0. The number of rotatable bonds is 4. The number of aliphatic hydroxyl groups is 2. The van der Waals surface area contributed by atoms with E-state index in [1.165, 1.54) is 6.20 Å². The van der Waals surface area contributed by atoms with E-state index in [2.05, 4.69) is 15.0 Å². The molecule has 148 valence electrons. The van der Waals surface area contributed by atoms with Crippen LogP contribution in [0.4, 0.5) is 10.3 Å². The van der Waals surface area contributed by atoms with Crippen LogP contribution in [0, 0.1) is 0 Å². The fourth-order valence-corrected chi connectivity index (χ4v) is 3.32. The molecule has 0 amide bonds. The molecule has 4 heterocycles. The number of aromatic amines is 1. The fraction of sp³-hybridized carbons (Fsp3) is 0.375. The highest BCUT2D eigenvalue weighted by molar-refractivity contribution is 5.72. The number of alkyl halides is 1. The third kappa shape index (κ3) is 2.78. The molecule has 11 nitrogen and oxygen atoms in total. The Morgan fingerprint density at radius 1 is 1.39 bits per heavy atom. The predicted molar refractivity (Wildman–Crippen MR) is 94.3 cm³/mol. The van der Waals surface area contributed by atoms with Crippen molar-refractivity contribution in [2.75, 3.05) is 12.3 Å². The van der Waals surface area contributed by atoms with Gasteiger partial charge in [-0.3, -0.25) is 19.3 Å². The van der Waals surface area contributed by atoms with Gasteiger partial charge in [0.2, 0.25) is 5.95 Å². The van der Waals surface area contributed by atoms with Gasteiger partial charge in [-0.2, -0.15) is 4.98 Å². The summed E-state index contributed by atoms with van der Waals surface area (Å²) in [5.74, 6) is -0.257. The second-order valence-electron chi connectivity index (χ2n) is 6.41. The molecule has 4 rings (SSSR count). The molecule has 0 unspecified atom stereocenters. The number of aromatic nitrogens is 5. The van der Waals surface area contributed by atoms with Crippen LogP contribution in [0.25, 0.3) is 11.2 Å². The maximum Gasteiger partial charge on any atom is 0.333 e. The molecule has 0 radical (unpaired) electrons. The van der Waals surface area contributed by atoms with E-state index in [1.54, 1.807) is 18.3 Å². The zero-order valence-corrected chi connectivity index (χ0v) is 14.4. The van der Waals surface area contributed by atoms with Gasteiger partial charge in [0.15, 0.2) is 23.6 Å². The van der Waals surface area contributed by atoms with E-state index in [-0.39, 0.29) is 23.7 Å². The summed E-state index contributed by atoms with van der Waals surface area (Å²) >= 11 is 0. The molecule has 28 heavy (non-hydrogen) atoms. The van der Waals surface area contributed by atoms with Crippen LogP contribution >= 0.6 is 0 Å². The zero-order valence-electron chi connectivity index (χ0n) is 14.4. The van der Waals surface area contributed by atoms with Crippen molar-refractivity contribution in [2.24, 2.45) is 0 Å². The molecule has 0 aliphatic carbocycles. The van der Waals surface area contributed by atoms with Crippen LogP contribution in [0.1, 0.15) is 11.8 Å². The highest BCUT2D eigenvalue weighted by atomic mass is 19.1. The quantitative estimate of drug-likeness (QED) is 0.417. The van der Waals surface area contributed by atoms with Crippen LogP contribution in [0.2, 0.25) is 0 Å². The summed E-state index contributed by atoms with van der Waals surface area (Å²) < 4.78 is 21.5. The molecule has 1 saturated heterocycles. The van der Waals surface area contributed by atoms with Gasteiger partial charge in [-0.05, 0) is 11.6 Å². The monoisotopic (exact) mass is 392 g/mol. The van der Waals surface area contributed by atoms with Gasteiger partial charge >= 0.3 is 5.69 Å². The molecule has 1 fully saturated rings. The third-order valence-corrected chi connectivity index (χ3v) is 4.62. The number of hydrogen-bond acceptors (Lipinski definition) is 8. The molecule has 12 heteroatoms. The number of imidazole rings is 1. The van der Waals surface area contributed by atoms with Gasteiger partial charge in [0.1, 0.15) is 12.2 Å². The maximum absolute atomic E-state index is 14.2. The molecule has 0 bridgehead atoms. The number of aliphatic hydroxyl groups excluding tert-OH is 2. The van der Waals surface area contributed by atoms with Gasteiger partial charge in [-0.15, -0.1) is 0 Å². The Kier molecular flexibility index (Phi) is 4.45. The number of nitrogens with zero attached hydrogens (tertiary/aromatic N) is 4. The first-order chi connectivity index (χ1) is 13.4. The van der Waals surface area contributed by atoms with Crippen molar-refractivity contribution in [3.05, 3.63) is 50.9 Å². The van der Waals surface area contributed by atoms with Gasteiger partial charge in [-0.1, -0.05) is 6.07 Å². The molecular formula is C16H17FN6O5. The van der Waals surface area contributed by atoms with Crippen LogP contribution in [0.3, 0.4) is 0 Å². The molecule has 1 aliphatic rings. The lowest BCUT2D eigenvalue weighted by Crippen LogP contribution is -2.34. The molecule has 4 atom stereocenters. The summed E-state index contributed by atoms with van der Waals surface area (Å²) in [7, 11) is 0. The molecule has 3 aromatic rings. The summed E-state index contributed by atoms with van der Waals surface area (Å²) in [4.78, 5) is 35.8. The predicted octanol–water partition coefficient (Wildman–Crippen LogP) is -1.50. The number of nitrogens with one attached hydrogen (secondary N) is 1. The highest BCUT2D eigenvalue weighted by Crippen LogP contribution is 2.32. The molecule has 0 aromatic carbocycles. The van der Waals surface area contributed by atoms with Gasteiger partial charge in [0.05, 0.1) is 13.2 Å². The number of pyridine rings is 1. The van der Waals surface area contributed by atoms with Gasteiger partial charge in [0.25, 0.3) is 5.56 Å². The van der Waals surface area contributed by atoms with Crippen LogP contribution < -0.4 is 17.0 Å². The number of nitrogens with two attached hydrogens (primary N) is 1. The van der Waals surface area contributed by atoms with Crippen LogP contribution in [0.15, 0.2) is 34.1 Å². The highest BCUT2D eigenvalue weighted by Gasteiger charge is 2.46. The van der Waals surface area contributed by atoms with E-state index in [9.17, 15) is 24.2 Å². The molecule has 0 saturated carbocycles. The van der Waals surface area contributed by atoms with Gasteiger partial charge < -0.3 is 20.7 Å². The normalized spacial score (nSPS) is 24.8. The maximum atomic E-state index is 14.2. The Morgan fingerprint density at radius 3 is 2.82 bits per heavy atom. The Morgan fingerprint density at radius 2 is 2.18 bits per heavy atom. The lowest BCUT2D eigenvalue weighted by atomic mass is 10.1. The lowest BCUT2D eigenvalue weighted by molar-refractivity contribution is -0.0513. The van der Waals surface area contributed by atoms with Crippen LogP contribution in [-0.4, -0.2) is 59.3 Å². The number of halogens is 1. The average molecular weight is 392 g/mol. The second kappa shape index (κ2) is 6.82. The second-order valence-corrected chi connectivity index (χ2v) is 6.41.